The lowest BCUT2D eigenvalue weighted by molar-refractivity contribution is 0.0694. The molecule has 2 aliphatic carbocycles. The van der Waals surface area contributed by atoms with Gasteiger partial charge in [0.05, 0.1) is 7.11 Å². The van der Waals surface area contributed by atoms with E-state index in [2.05, 4.69) is 6.92 Å². The number of carbonyl (C=O) groups is 2. The van der Waals surface area contributed by atoms with Crippen molar-refractivity contribution < 1.29 is 24.5 Å². The van der Waals surface area contributed by atoms with Gasteiger partial charge in [0.25, 0.3) is 0 Å². The molecule has 0 aromatic heterocycles. The lowest BCUT2D eigenvalue weighted by Crippen LogP contribution is -2.01. The molecule has 2 aliphatic rings. The first-order valence-electron chi connectivity index (χ1n) is 9.10. The van der Waals surface area contributed by atoms with E-state index in [0.29, 0.717) is 11.1 Å². The minimum absolute atomic E-state index is 0.0938. The van der Waals surface area contributed by atoms with Crippen molar-refractivity contribution in [3.63, 3.8) is 0 Å². The Morgan fingerprint density at radius 3 is 1.81 bits per heavy atom. The summed E-state index contributed by atoms with van der Waals surface area (Å²) < 4.78 is 5.09. The molecule has 5 nitrogen and oxygen atoms in total. The first kappa shape index (κ1) is 19.8. The van der Waals surface area contributed by atoms with E-state index in [9.17, 15) is 19.8 Å². The number of carboxylic acid groups (broad SMARTS) is 2. The maximum absolute atomic E-state index is 11.6. The standard InChI is InChI=1S/C21H26O5/c1-3-4-5-6-7-8-9-14-10-12-15-16(13-11-14)18(21(24)25)19(26-2)17(15)20(22)23/h10-13H,3-9H2,1-2H3,(H,22,23)(H,24,25). The summed E-state index contributed by atoms with van der Waals surface area (Å²) in [6.45, 7) is 2.19. The Balaban J connectivity index is 2.29. The third-order valence-corrected chi connectivity index (χ3v) is 4.66. The molecule has 0 heterocycles. The van der Waals surface area contributed by atoms with Gasteiger partial charge in [0, 0.05) is 11.1 Å². The molecule has 0 radical (unpaired) electrons. The van der Waals surface area contributed by atoms with E-state index < -0.39 is 11.9 Å². The van der Waals surface area contributed by atoms with Gasteiger partial charge in [-0.05, 0) is 18.4 Å². The van der Waals surface area contributed by atoms with Crippen LogP contribution < -0.4 is 4.74 Å². The van der Waals surface area contributed by atoms with Crippen molar-refractivity contribution in [2.75, 3.05) is 7.11 Å². The Morgan fingerprint density at radius 2 is 1.35 bits per heavy atom. The number of aromatic carboxylic acids is 2. The zero-order valence-electron chi connectivity index (χ0n) is 15.4. The molecule has 0 bridgehead atoms. The van der Waals surface area contributed by atoms with Gasteiger partial charge in [-0.2, -0.15) is 0 Å². The molecule has 0 fully saturated rings. The van der Waals surface area contributed by atoms with Gasteiger partial charge in [-0.3, -0.25) is 0 Å². The van der Waals surface area contributed by atoms with Crippen LogP contribution in [-0.2, 0) is 6.42 Å². The summed E-state index contributed by atoms with van der Waals surface area (Å²) in [6.07, 6.45) is 8.11. The molecule has 0 spiro atoms. The molecule has 0 saturated carbocycles. The quantitative estimate of drug-likeness (QED) is 0.577. The van der Waals surface area contributed by atoms with Gasteiger partial charge in [-0.1, -0.05) is 63.3 Å². The van der Waals surface area contributed by atoms with Crippen molar-refractivity contribution in [1.29, 1.82) is 0 Å². The molecule has 0 atom stereocenters. The summed E-state index contributed by atoms with van der Waals surface area (Å²) in [6, 6.07) is 7.15. The molecule has 0 aliphatic heterocycles. The van der Waals surface area contributed by atoms with E-state index in [1.807, 2.05) is 12.1 Å². The minimum atomic E-state index is -1.19. The van der Waals surface area contributed by atoms with Crippen LogP contribution >= 0.6 is 0 Å². The SMILES string of the molecule is CCCCCCCCc1ccc2c(C(=O)O)c(OC)c(C(=O)O)c-2cc1. The maximum atomic E-state index is 11.6. The number of aryl methyl sites for hydroxylation is 1. The Hall–Kier alpha value is -2.56. The number of ether oxygens (including phenoxy) is 1. The summed E-state index contributed by atoms with van der Waals surface area (Å²) in [7, 11) is 1.29. The molecule has 0 unspecified atom stereocenters. The summed E-state index contributed by atoms with van der Waals surface area (Å²) >= 11 is 0. The lowest BCUT2D eigenvalue weighted by Gasteiger charge is -2.01. The largest absolute Gasteiger partial charge is 0.495 e. The smallest absolute Gasteiger partial charge is 0.340 e. The maximum Gasteiger partial charge on any atom is 0.340 e. The van der Waals surface area contributed by atoms with Crippen molar-refractivity contribution in [1.82, 2.24) is 0 Å². The second kappa shape index (κ2) is 9.22. The van der Waals surface area contributed by atoms with Crippen molar-refractivity contribution in [2.24, 2.45) is 0 Å². The number of unbranched alkanes of at least 4 members (excludes halogenated alkanes) is 5. The van der Waals surface area contributed by atoms with Crippen LogP contribution in [0.5, 0.6) is 5.75 Å². The highest BCUT2D eigenvalue weighted by molar-refractivity contribution is 6.11. The van der Waals surface area contributed by atoms with Crippen LogP contribution in [0.25, 0.3) is 11.1 Å². The number of fused-ring (bicyclic) bond motifs is 1. The highest BCUT2D eigenvalue weighted by Crippen LogP contribution is 2.42. The second-order valence-electron chi connectivity index (χ2n) is 6.48. The monoisotopic (exact) mass is 358 g/mol. The van der Waals surface area contributed by atoms with Gasteiger partial charge >= 0.3 is 11.9 Å². The van der Waals surface area contributed by atoms with Crippen LogP contribution in [0.2, 0.25) is 0 Å². The molecule has 0 saturated heterocycles. The summed E-state index contributed by atoms with van der Waals surface area (Å²) in [5, 5.41) is 19.0. The minimum Gasteiger partial charge on any atom is -0.495 e. The molecule has 2 rings (SSSR count). The highest BCUT2D eigenvalue weighted by atomic mass is 16.5. The van der Waals surface area contributed by atoms with Crippen LogP contribution in [0.1, 0.15) is 71.7 Å². The van der Waals surface area contributed by atoms with Crippen molar-refractivity contribution in [2.45, 2.75) is 51.9 Å². The zero-order valence-corrected chi connectivity index (χ0v) is 15.4. The van der Waals surface area contributed by atoms with Crippen LogP contribution in [0, 0.1) is 0 Å². The number of carboxylic acids is 2. The van der Waals surface area contributed by atoms with Crippen LogP contribution in [0.15, 0.2) is 24.3 Å². The molecule has 5 heteroatoms. The number of methoxy groups -OCH3 is 1. The van der Waals surface area contributed by atoms with Crippen LogP contribution in [0.4, 0.5) is 0 Å². The predicted octanol–water partition coefficient (Wildman–Crippen LogP) is 5.10. The van der Waals surface area contributed by atoms with Crippen LogP contribution in [0.3, 0.4) is 0 Å². The third kappa shape index (κ3) is 4.34. The zero-order chi connectivity index (χ0) is 19.1. The van der Waals surface area contributed by atoms with E-state index in [0.717, 1.165) is 18.4 Å². The first-order valence-corrected chi connectivity index (χ1v) is 9.10. The van der Waals surface area contributed by atoms with Crippen LogP contribution in [-0.4, -0.2) is 29.3 Å². The molecule has 0 amide bonds. The van der Waals surface area contributed by atoms with Crippen molar-refractivity contribution >= 4 is 11.9 Å². The van der Waals surface area contributed by atoms with E-state index in [-0.39, 0.29) is 16.9 Å². The van der Waals surface area contributed by atoms with Crippen molar-refractivity contribution in [3.8, 4) is 16.9 Å². The molecular weight excluding hydrogens is 332 g/mol. The topological polar surface area (TPSA) is 83.8 Å². The van der Waals surface area contributed by atoms with Gasteiger partial charge < -0.3 is 14.9 Å². The van der Waals surface area contributed by atoms with E-state index in [1.165, 1.54) is 39.2 Å². The number of hydrogen-bond donors (Lipinski definition) is 2. The Bertz CT molecular complexity index is 699. The molecule has 140 valence electrons. The fraction of sp³-hybridized carbons (Fsp3) is 0.429. The van der Waals surface area contributed by atoms with E-state index in [4.69, 9.17) is 4.74 Å². The number of rotatable bonds is 10. The summed E-state index contributed by atoms with van der Waals surface area (Å²) in [4.78, 5) is 23.3. The number of hydrogen-bond acceptors (Lipinski definition) is 3. The average Bonchev–Trinajstić information content (AvgIpc) is 2.80. The molecular formula is C21H26O5. The summed E-state index contributed by atoms with van der Waals surface area (Å²) in [5.74, 6) is -2.48. The Morgan fingerprint density at radius 1 is 0.846 bits per heavy atom. The first-order chi connectivity index (χ1) is 12.5. The molecule has 0 aromatic carbocycles. The molecule has 2 N–H and O–H groups in total. The lowest BCUT2D eigenvalue weighted by atomic mass is 10.1. The van der Waals surface area contributed by atoms with Gasteiger partial charge in [0.1, 0.15) is 16.9 Å². The Labute approximate surface area is 154 Å². The predicted molar refractivity (Wildman–Crippen MR) is 101 cm³/mol. The Kier molecular flexibility index (Phi) is 7.01. The molecule has 26 heavy (non-hydrogen) atoms. The normalized spacial score (nSPS) is 10.8. The third-order valence-electron chi connectivity index (χ3n) is 4.66. The highest BCUT2D eigenvalue weighted by Gasteiger charge is 2.31. The summed E-state index contributed by atoms with van der Waals surface area (Å²) in [5.41, 5.74) is 1.66. The van der Waals surface area contributed by atoms with Gasteiger partial charge in [0.2, 0.25) is 0 Å². The average molecular weight is 358 g/mol. The van der Waals surface area contributed by atoms with Gasteiger partial charge in [0.15, 0.2) is 0 Å². The molecule has 0 aromatic rings. The van der Waals surface area contributed by atoms with E-state index in [1.54, 1.807) is 12.1 Å². The fourth-order valence-electron chi connectivity index (χ4n) is 3.33. The van der Waals surface area contributed by atoms with Gasteiger partial charge in [-0.25, -0.2) is 9.59 Å². The second-order valence-corrected chi connectivity index (χ2v) is 6.48. The van der Waals surface area contributed by atoms with E-state index >= 15 is 0 Å². The van der Waals surface area contributed by atoms with Gasteiger partial charge in [-0.15, -0.1) is 0 Å². The fourth-order valence-corrected chi connectivity index (χ4v) is 3.33. The van der Waals surface area contributed by atoms with Crippen molar-refractivity contribution in [3.05, 3.63) is 41.0 Å².